The lowest BCUT2D eigenvalue weighted by molar-refractivity contribution is -0.137. The van der Waals surface area contributed by atoms with Crippen LogP contribution in [0.4, 0.5) is 13.2 Å². The first-order valence-electron chi connectivity index (χ1n) is 11.0. The lowest BCUT2D eigenvalue weighted by atomic mass is 9.97. The minimum atomic E-state index is -4.26. The second-order valence-electron chi connectivity index (χ2n) is 9.22. The maximum atomic E-state index is 12.8. The van der Waals surface area contributed by atoms with Crippen molar-refractivity contribution in [2.75, 3.05) is 38.5 Å². The first-order chi connectivity index (χ1) is 14.9. The zero-order valence-corrected chi connectivity index (χ0v) is 18.5. The van der Waals surface area contributed by atoms with Crippen LogP contribution in [-0.4, -0.2) is 58.1 Å². The third-order valence-electron chi connectivity index (χ3n) is 7.16. The van der Waals surface area contributed by atoms with E-state index in [1.807, 2.05) is 0 Å². The summed E-state index contributed by atoms with van der Waals surface area (Å²) < 4.78 is 40.5. The molecule has 2 aliphatic heterocycles. The monoisotopic (exact) mass is 451 g/mol. The van der Waals surface area contributed by atoms with Crippen molar-refractivity contribution in [2.24, 2.45) is 12.5 Å². The molecule has 0 amide bonds. The van der Waals surface area contributed by atoms with Crippen molar-refractivity contribution < 1.29 is 13.2 Å². The summed E-state index contributed by atoms with van der Waals surface area (Å²) >= 11 is 1.77. The summed E-state index contributed by atoms with van der Waals surface area (Å²) in [6.07, 6.45) is -0.920. The average molecular weight is 452 g/mol. The Balaban J connectivity index is 1.07. The summed E-state index contributed by atoms with van der Waals surface area (Å²) in [5.41, 5.74) is 0.781. The molecule has 0 radical (unpaired) electrons. The van der Waals surface area contributed by atoms with Gasteiger partial charge in [-0.1, -0.05) is 23.9 Å². The maximum Gasteiger partial charge on any atom is 0.416 e. The molecule has 1 aromatic carbocycles. The van der Waals surface area contributed by atoms with Crippen molar-refractivity contribution >= 4 is 11.8 Å². The minimum absolute atomic E-state index is 0.280. The first kappa shape index (κ1) is 21.3. The number of hydrogen-bond acceptors (Lipinski definition) is 5. The van der Waals surface area contributed by atoms with Gasteiger partial charge in [-0.25, -0.2) is 0 Å². The highest BCUT2D eigenvalue weighted by Gasteiger charge is 2.57. The molecule has 2 saturated heterocycles. The zero-order valence-electron chi connectivity index (χ0n) is 17.7. The molecule has 5 nitrogen and oxygen atoms in total. The van der Waals surface area contributed by atoms with Crippen molar-refractivity contribution in [1.82, 2.24) is 25.0 Å². The van der Waals surface area contributed by atoms with Gasteiger partial charge in [-0.3, -0.25) is 0 Å². The van der Waals surface area contributed by atoms with Gasteiger partial charge in [0.15, 0.2) is 5.16 Å². The van der Waals surface area contributed by atoms with E-state index in [0.717, 1.165) is 74.3 Å². The van der Waals surface area contributed by atoms with Crippen LogP contribution in [0.25, 0.3) is 0 Å². The Morgan fingerprint density at radius 1 is 1.19 bits per heavy atom. The van der Waals surface area contributed by atoms with E-state index in [0.29, 0.717) is 11.8 Å². The van der Waals surface area contributed by atoms with Crippen molar-refractivity contribution in [3.05, 3.63) is 41.2 Å². The number of benzene rings is 1. The van der Waals surface area contributed by atoms with Gasteiger partial charge in [-0.2, -0.15) is 13.2 Å². The van der Waals surface area contributed by atoms with Crippen LogP contribution in [0.1, 0.15) is 48.0 Å². The number of halogens is 3. The second-order valence-corrected chi connectivity index (χ2v) is 10.3. The van der Waals surface area contributed by atoms with Crippen molar-refractivity contribution in [3.8, 4) is 0 Å². The SMILES string of the molecule is Cn1c(SCCCN2CC[C@@]3(CC3c3ccc(C(F)(F)F)cc3)C2)nnc1C1CNC1. The van der Waals surface area contributed by atoms with E-state index < -0.39 is 11.7 Å². The predicted molar refractivity (Wildman–Crippen MR) is 114 cm³/mol. The molecular formula is C22H28F3N5S. The molecule has 3 aliphatic rings. The number of rotatable bonds is 7. The lowest BCUT2D eigenvalue weighted by Gasteiger charge is -2.25. The van der Waals surface area contributed by atoms with Gasteiger partial charge in [0.2, 0.25) is 0 Å². The standard InChI is InChI=1S/C22H28F3N5S/c1-29-19(16-12-26-13-16)27-28-20(29)31-10-2-8-30-9-7-21(14-30)11-18(21)15-3-5-17(6-4-15)22(23,24)25/h3-6,16,18,26H,2,7-14H2,1H3/t18?,21-/m1/s1. The minimum Gasteiger partial charge on any atom is -0.315 e. The molecule has 31 heavy (non-hydrogen) atoms. The largest absolute Gasteiger partial charge is 0.416 e. The van der Waals surface area contributed by atoms with Crippen LogP contribution >= 0.6 is 11.8 Å². The van der Waals surface area contributed by atoms with Gasteiger partial charge in [0.25, 0.3) is 0 Å². The van der Waals surface area contributed by atoms with Gasteiger partial charge in [-0.15, -0.1) is 10.2 Å². The smallest absolute Gasteiger partial charge is 0.315 e. The Hall–Kier alpha value is -1.58. The van der Waals surface area contributed by atoms with Gasteiger partial charge in [0.05, 0.1) is 5.56 Å². The fourth-order valence-corrected chi connectivity index (χ4v) is 5.92. The summed E-state index contributed by atoms with van der Waals surface area (Å²) in [5.74, 6) is 2.99. The van der Waals surface area contributed by atoms with Gasteiger partial charge in [0.1, 0.15) is 5.82 Å². The molecule has 1 N–H and O–H groups in total. The van der Waals surface area contributed by atoms with Crippen molar-refractivity contribution in [2.45, 2.75) is 42.4 Å². The molecule has 1 unspecified atom stereocenters. The molecule has 5 rings (SSSR count). The van der Waals surface area contributed by atoms with Gasteiger partial charge >= 0.3 is 6.18 Å². The topological polar surface area (TPSA) is 46.0 Å². The van der Waals surface area contributed by atoms with Crippen LogP contribution < -0.4 is 5.32 Å². The van der Waals surface area contributed by atoms with E-state index in [1.165, 1.54) is 12.1 Å². The number of nitrogens with one attached hydrogen (secondary N) is 1. The Kier molecular flexibility index (Phi) is 5.55. The fraction of sp³-hybridized carbons (Fsp3) is 0.636. The van der Waals surface area contributed by atoms with Crippen molar-refractivity contribution in [1.29, 1.82) is 0 Å². The number of likely N-dealkylation sites (tertiary alicyclic amines) is 1. The summed E-state index contributed by atoms with van der Waals surface area (Å²) in [4.78, 5) is 2.52. The van der Waals surface area contributed by atoms with E-state index in [-0.39, 0.29) is 5.41 Å². The molecule has 1 aromatic heterocycles. The highest BCUT2D eigenvalue weighted by atomic mass is 32.2. The normalized spacial score (nSPS) is 26.5. The number of thioether (sulfide) groups is 1. The van der Waals surface area contributed by atoms with E-state index in [1.54, 1.807) is 23.9 Å². The van der Waals surface area contributed by atoms with Gasteiger partial charge < -0.3 is 14.8 Å². The Bertz CT molecular complexity index is 924. The predicted octanol–water partition coefficient (Wildman–Crippen LogP) is 3.88. The third-order valence-corrected chi connectivity index (χ3v) is 8.27. The average Bonchev–Trinajstić information content (AvgIpc) is 3.06. The number of hydrogen-bond donors (Lipinski definition) is 1. The number of alkyl halides is 3. The zero-order chi connectivity index (χ0) is 21.6. The van der Waals surface area contributed by atoms with E-state index in [2.05, 4.69) is 32.0 Å². The van der Waals surface area contributed by atoms with E-state index in [4.69, 9.17) is 0 Å². The molecule has 1 aliphatic carbocycles. The fourth-order valence-electron chi connectivity index (χ4n) is 5.08. The molecule has 3 fully saturated rings. The van der Waals surface area contributed by atoms with Crippen LogP contribution in [0.3, 0.4) is 0 Å². The maximum absolute atomic E-state index is 12.8. The van der Waals surface area contributed by atoms with Crippen LogP contribution in [0.15, 0.2) is 29.4 Å². The molecule has 2 atom stereocenters. The van der Waals surface area contributed by atoms with Crippen LogP contribution in [-0.2, 0) is 13.2 Å². The van der Waals surface area contributed by atoms with Crippen molar-refractivity contribution in [3.63, 3.8) is 0 Å². The highest BCUT2D eigenvalue weighted by Crippen LogP contribution is 2.64. The second kappa shape index (κ2) is 8.08. The van der Waals surface area contributed by atoms with E-state index >= 15 is 0 Å². The van der Waals surface area contributed by atoms with Crippen LogP contribution in [0.2, 0.25) is 0 Å². The quantitative estimate of drug-likeness (QED) is 0.511. The summed E-state index contributed by atoms with van der Waals surface area (Å²) in [6.45, 7) is 5.18. The third kappa shape index (κ3) is 4.24. The van der Waals surface area contributed by atoms with Crippen LogP contribution in [0.5, 0.6) is 0 Å². The molecule has 168 valence electrons. The molecule has 9 heteroatoms. The summed E-state index contributed by atoms with van der Waals surface area (Å²) in [7, 11) is 2.05. The lowest BCUT2D eigenvalue weighted by Crippen LogP contribution is -2.41. The Labute approximate surface area is 184 Å². The van der Waals surface area contributed by atoms with Gasteiger partial charge in [0, 0.05) is 38.4 Å². The molecule has 0 bridgehead atoms. The molecule has 3 heterocycles. The number of nitrogens with zero attached hydrogens (tertiary/aromatic N) is 4. The molecule has 1 saturated carbocycles. The Morgan fingerprint density at radius 2 is 1.97 bits per heavy atom. The Morgan fingerprint density at radius 3 is 2.65 bits per heavy atom. The van der Waals surface area contributed by atoms with E-state index in [9.17, 15) is 13.2 Å². The van der Waals surface area contributed by atoms with Gasteiger partial charge in [-0.05, 0) is 61.4 Å². The number of aromatic nitrogens is 3. The molecule has 2 aromatic rings. The summed E-state index contributed by atoms with van der Waals surface area (Å²) in [6, 6.07) is 5.81. The first-order valence-corrected chi connectivity index (χ1v) is 12.0. The molecule has 1 spiro atoms. The van der Waals surface area contributed by atoms with Crippen LogP contribution in [0, 0.1) is 5.41 Å². The highest BCUT2D eigenvalue weighted by molar-refractivity contribution is 7.99. The molecular weight excluding hydrogens is 423 g/mol. The summed E-state index contributed by atoms with van der Waals surface area (Å²) in [5, 5.41) is 13.0.